The van der Waals surface area contributed by atoms with Gasteiger partial charge in [0.1, 0.15) is 0 Å². The van der Waals surface area contributed by atoms with Crippen molar-refractivity contribution < 1.29 is 13.2 Å². The van der Waals surface area contributed by atoms with Crippen LogP contribution < -0.4 is 5.32 Å². The van der Waals surface area contributed by atoms with Crippen molar-refractivity contribution in [1.29, 1.82) is 0 Å². The number of carbonyl (C=O) groups is 1. The number of aryl methyl sites for hydroxylation is 1. The van der Waals surface area contributed by atoms with Crippen LogP contribution in [0.4, 0.5) is 0 Å². The van der Waals surface area contributed by atoms with Gasteiger partial charge >= 0.3 is 0 Å². The third kappa shape index (κ3) is 4.93. The lowest BCUT2D eigenvalue weighted by Gasteiger charge is -2.08. The van der Waals surface area contributed by atoms with Gasteiger partial charge in [-0.3, -0.25) is 4.79 Å². The Hall–Kier alpha value is -2.14. The second-order valence-electron chi connectivity index (χ2n) is 5.67. The fourth-order valence-electron chi connectivity index (χ4n) is 2.36. The number of rotatable bonds is 7. The fraction of sp³-hybridized carbons (Fsp3) is 0.316. The van der Waals surface area contributed by atoms with Gasteiger partial charge in [-0.25, -0.2) is 8.42 Å². The number of sulfone groups is 1. The SMILES string of the molecule is CCc1ccc(CNC(=O)Cc2cccc(S(=O)(=O)CC)c2)cc1. The van der Waals surface area contributed by atoms with Crippen molar-refractivity contribution in [2.24, 2.45) is 0 Å². The zero-order valence-electron chi connectivity index (χ0n) is 14.1. The van der Waals surface area contributed by atoms with E-state index in [2.05, 4.69) is 24.4 Å². The lowest BCUT2D eigenvalue weighted by atomic mass is 10.1. The van der Waals surface area contributed by atoms with Crippen LogP contribution in [0, 0.1) is 0 Å². The summed E-state index contributed by atoms with van der Waals surface area (Å²) in [6.45, 7) is 4.18. The molecule has 2 aromatic carbocycles. The summed E-state index contributed by atoms with van der Waals surface area (Å²) in [6.07, 6.45) is 1.16. The molecular formula is C19H23NO3S. The van der Waals surface area contributed by atoms with Crippen LogP contribution in [0.15, 0.2) is 53.4 Å². The van der Waals surface area contributed by atoms with Gasteiger partial charge in [-0.15, -0.1) is 0 Å². The molecule has 5 heteroatoms. The molecule has 0 bridgehead atoms. The van der Waals surface area contributed by atoms with Gasteiger partial charge in [-0.2, -0.15) is 0 Å². The van der Waals surface area contributed by atoms with Gasteiger partial charge in [0, 0.05) is 6.54 Å². The van der Waals surface area contributed by atoms with Gasteiger partial charge in [0.15, 0.2) is 9.84 Å². The van der Waals surface area contributed by atoms with Gasteiger partial charge in [-0.05, 0) is 35.2 Å². The summed E-state index contributed by atoms with van der Waals surface area (Å²) < 4.78 is 23.8. The third-order valence-electron chi connectivity index (χ3n) is 3.92. The largest absolute Gasteiger partial charge is 0.352 e. The predicted octanol–water partition coefficient (Wildman–Crippen LogP) is 2.90. The second-order valence-corrected chi connectivity index (χ2v) is 7.95. The first-order valence-electron chi connectivity index (χ1n) is 8.10. The molecule has 4 nitrogen and oxygen atoms in total. The lowest BCUT2D eigenvalue weighted by molar-refractivity contribution is -0.120. The standard InChI is InChI=1S/C19H23NO3S/c1-3-15-8-10-16(11-9-15)14-20-19(21)13-17-6-5-7-18(12-17)24(22,23)4-2/h5-12H,3-4,13-14H2,1-2H3,(H,20,21). The Morgan fingerprint density at radius 2 is 1.62 bits per heavy atom. The predicted molar refractivity (Wildman–Crippen MR) is 95.5 cm³/mol. The van der Waals surface area contributed by atoms with Crippen molar-refractivity contribution in [3.05, 3.63) is 65.2 Å². The average molecular weight is 345 g/mol. The normalized spacial score (nSPS) is 11.2. The molecule has 0 fully saturated rings. The highest BCUT2D eigenvalue weighted by Crippen LogP contribution is 2.14. The molecule has 0 spiro atoms. The van der Waals surface area contributed by atoms with Gasteiger partial charge in [0.25, 0.3) is 0 Å². The lowest BCUT2D eigenvalue weighted by Crippen LogP contribution is -2.24. The Balaban J connectivity index is 1.96. The summed E-state index contributed by atoms with van der Waals surface area (Å²) in [5.74, 6) is -0.0724. The molecule has 0 radical (unpaired) electrons. The number of hydrogen-bond donors (Lipinski definition) is 1. The zero-order chi connectivity index (χ0) is 17.6. The first-order valence-corrected chi connectivity index (χ1v) is 9.76. The number of amides is 1. The monoisotopic (exact) mass is 345 g/mol. The summed E-state index contributed by atoms with van der Waals surface area (Å²) in [5, 5.41) is 2.87. The zero-order valence-corrected chi connectivity index (χ0v) is 14.9. The third-order valence-corrected chi connectivity index (χ3v) is 5.66. The van der Waals surface area contributed by atoms with Gasteiger partial charge in [0.2, 0.25) is 5.91 Å². The van der Waals surface area contributed by atoms with E-state index in [0.29, 0.717) is 12.1 Å². The van der Waals surface area contributed by atoms with E-state index >= 15 is 0 Å². The van der Waals surface area contributed by atoms with Crippen molar-refractivity contribution in [2.75, 3.05) is 5.75 Å². The van der Waals surface area contributed by atoms with Crippen LogP contribution in [-0.2, 0) is 34.0 Å². The van der Waals surface area contributed by atoms with E-state index < -0.39 is 9.84 Å². The van der Waals surface area contributed by atoms with E-state index in [9.17, 15) is 13.2 Å². The topological polar surface area (TPSA) is 63.2 Å². The van der Waals surface area contributed by atoms with Crippen molar-refractivity contribution >= 4 is 15.7 Å². The Morgan fingerprint density at radius 3 is 2.25 bits per heavy atom. The molecule has 1 N–H and O–H groups in total. The van der Waals surface area contributed by atoms with Crippen LogP contribution >= 0.6 is 0 Å². The van der Waals surface area contributed by atoms with Crippen LogP contribution in [0.1, 0.15) is 30.5 Å². The maximum atomic E-state index is 12.1. The maximum Gasteiger partial charge on any atom is 0.224 e. The van der Waals surface area contributed by atoms with E-state index in [4.69, 9.17) is 0 Å². The molecule has 0 unspecified atom stereocenters. The molecule has 0 aromatic heterocycles. The van der Waals surface area contributed by atoms with Crippen molar-refractivity contribution in [1.82, 2.24) is 5.32 Å². The first-order chi connectivity index (χ1) is 11.4. The van der Waals surface area contributed by atoms with Crippen LogP contribution in [-0.4, -0.2) is 20.1 Å². The highest BCUT2D eigenvalue weighted by molar-refractivity contribution is 7.91. The summed E-state index contributed by atoms with van der Waals surface area (Å²) in [6, 6.07) is 14.7. The molecule has 0 aliphatic heterocycles. The summed E-state index contributed by atoms with van der Waals surface area (Å²) >= 11 is 0. The molecule has 0 aliphatic carbocycles. The minimum atomic E-state index is -3.25. The summed E-state index contributed by atoms with van der Waals surface area (Å²) in [7, 11) is -3.25. The number of benzene rings is 2. The number of hydrogen-bond acceptors (Lipinski definition) is 3. The minimum absolute atomic E-state index is 0.0520. The molecule has 2 rings (SSSR count). The molecular weight excluding hydrogens is 322 g/mol. The Kier molecular flexibility index (Phi) is 6.15. The average Bonchev–Trinajstić information content (AvgIpc) is 2.60. The molecule has 0 heterocycles. The van der Waals surface area contributed by atoms with Gasteiger partial charge < -0.3 is 5.32 Å². The van der Waals surface area contributed by atoms with Crippen molar-refractivity contribution in [3.63, 3.8) is 0 Å². The summed E-state index contributed by atoms with van der Waals surface area (Å²) in [4.78, 5) is 12.3. The number of carbonyl (C=O) groups excluding carboxylic acids is 1. The first kappa shape index (κ1) is 18.2. The maximum absolute atomic E-state index is 12.1. The van der Waals surface area contributed by atoms with Gasteiger partial charge in [-0.1, -0.05) is 50.2 Å². The minimum Gasteiger partial charge on any atom is -0.352 e. The number of nitrogens with one attached hydrogen (secondary N) is 1. The van der Waals surface area contributed by atoms with Crippen LogP contribution in [0.2, 0.25) is 0 Å². The van der Waals surface area contributed by atoms with Crippen molar-refractivity contribution in [3.8, 4) is 0 Å². The van der Waals surface area contributed by atoms with E-state index in [-0.39, 0.29) is 23.0 Å². The highest BCUT2D eigenvalue weighted by atomic mass is 32.2. The summed E-state index contributed by atoms with van der Waals surface area (Å²) in [5.41, 5.74) is 3.00. The molecule has 2 aromatic rings. The van der Waals surface area contributed by atoms with Crippen LogP contribution in [0.3, 0.4) is 0 Å². The quantitative estimate of drug-likeness (QED) is 0.839. The molecule has 0 atom stereocenters. The fourth-order valence-corrected chi connectivity index (χ4v) is 3.31. The van der Waals surface area contributed by atoms with E-state index in [0.717, 1.165) is 12.0 Å². The Morgan fingerprint density at radius 1 is 0.958 bits per heavy atom. The Labute approximate surface area is 143 Å². The van der Waals surface area contributed by atoms with Gasteiger partial charge in [0.05, 0.1) is 17.1 Å². The smallest absolute Gasteiger partial charge is 0.224 e. The molecule has 24 heavy (non-hydrogen) atoms. The molecule has 0 saturated heterocycles. The molecule has 1 amide bonds. The van der Waals surface area contributed by atoms with E-state index in [1.807, 2.05) is 12.1 Å². The molecule has 0 saturated carbocycles. The van der Waals surface area contributed by atoms with Crippen LogP contribution in [0.5, 0.6) is 0 Å². The van der Waals surface area contributed by atoms with Crippen molar-refractivity contribution in [2.45, 2.75) is 38.1 Å². The second kappa shape index (κ2) is 8.11. The van der Waals surface area contributed by atoms with E-state index in [1.165, 1.54) is 5.56 Å². The van der Waals surface area contributed by atoms with Crippen LogP contribution in [0.25, 0.3) is 0 Å². The van der Waals surface area contributed by atoms with E-state index in [1.54, 1.807) is 31.2 Å². The highest BCUT2D eigenvalue weighted by Gasteiger charge is 2.12. The molecule has 0 aliphatic rings. The Bertz CT molecular complexity index is 796. The molecule has 128 valence electrons.